The van der Waals surface area contributed by atoms with E-state index in [0.29, 0.717) is 22.5 Å². The molecule has 0 aliphatic rings. The van der Waals surface area contributed by atoms with Crippen LogP contribution in [-0.2, 0) is 9.59 Å². The Hall–Kier alpha value is -2.65. The number of halogens is 2. The van der Waals surface area contributed by atoms with Gasteiger partial charge in [-0.15, -0.1) is 0 Å². The Morgan fingerprint density at radius 3 is 2.68 bits per heavy atom. The summed E-state index contributed by atoms with van der Waals surface area (Å²) in [6.45, 7) is 1.42. The quantitative estimate of drug-likeness (QED) is 0.474. The molecule has 3 rings (SSSR count). The molecule has 2 amide bonds. The van der Waals surface area contributed by atoms with Gasteiger partial charge in [0.25, 0.3) is 5.91 Å². The number of aromatic nitrogens is 1. The van der Waals surface area contributed by atoms with E-state index in [-0.39, 0.29) is 11.9 Å². The lowest BCUT2D eigenvalue weighted by atomic mass is 10.2. The highest BCUT2D eigenvalue weighted by Gasteiger charge is 2.10. The fourth-order valence-corrected chi connectivity index (χ4v) is 3.91. The van der Waals surface area contributed by atoms with Crippen LogP contribution < -0.4 is 15.4 Å². The van der Waals surface area contributed by atoms with Crippen molar-refractivity contribution in [2.45, 2.75) is 6.92 Å². The van der Waals surface area contributed by atoms with E-state index in [4.69, 9.17) is 9.15 Å². The predicted octanol–water partition coefficient (Wildman–Crippen LogP) is 4.97. The number of ether oxygens (including phenoxy) is 1. The lowest BCUT2D eigenvalue weighted by Gasteiger charge is -2.08. The van der Waals surface area contributed by atoms with E-state index in [0.717, 1.165) is 14.5 Å². The van der Waals surface area contributed by atoms with Crippen LogP contribution >= 0.6 is 31.9 Å². The maximum Gasteiger partial charge on any atom is 0.302 e. The van der Waals surface area contributed by atoms with Gasteiger partial charge in [-0.1, -0.05) is 15.9 Å². The van der Waals surface area contributed by atoms with Gasteiger partial charge in [-0.3, -0.25) is 14.9 Å². The van der Waals surface area contributed by atoms with Gasteiger partial charge in [-0.05, 0) is 46.3 Å². The fraction of sp³-hybridized carbons (Fsp3) is 0.105. The standard InChI is InChI=1S/C19H15Br2N3O4/c1-10(25)22-13-4-5-15-16(9-13)28-19(23-15)24-17(26)6-3-11-7-12(20)8-14(21)18(11)27-2/h3-9H,1-2H3,(H,22,25)(H,23,24,26)/b6-3+. The molecule has 9 heteroatoms. The molecule has 2 N–H and O–H groups in total. The first-order valence-corrected chi connectivity index (χ1v) is 9.64. The maximum atomic E-state index is 12.2. The van der Waals surface area contributed by atoms with E-state index in [1.807, 2.05) is 12.1 Å². The fourth-order valence-electron chi connectivity index (χ4n) is 2.49. The molecule has 1 aromatic heterocycles. The summed E-state index contributed by atoms with van der Waals surface area (Å²) in [4.78, 5) is 27.6. The van der Waals surface area contributed by atoms with Crippen LogP contribution in [0.4, 0.5) is 11.7 Å². The number of amides is 2. The second kappa shape index (κ2) is 8.57. The first kappa shape index (κ1) is 20.1. The molecule has 144 valence electrons. The van der Waals surface area contributed by atoms with Crippen molar-refractivity contribution < 1.29 is 18.7 Å². The molecular weight excluding hydrogens is 494 g/mol. The van der Waals surface area contributed by atoms with Gasteiger partial charge in [0, 0.05) is 34.8 Å². The average Bonchev–Trinajstić information content (AvgIpc) is 3.00. The Morgan fingerprint density at radius 1 is 1.18 bits per heavy atom. The summed E-state index contributed by atoms with van der Waals surface area (Å²) in [5.74, 6) is 0.0125. The number of fused-ring (bicyclic) bond motifs is 1. The highest BCUT2D eigenvalue weighted by Crippen LogP contribution is 2.33. The molecule has 0 bridgehead atoms. The predicted molar refractivity (Wildman–Crippen MR) is 114 cm³/mol. The second-order valence-electron chi connectivity index (χ2n) is 5.72. The van der Waals surface area contributed by atoms with Crippen LogP contribution in [-0.4, -0.2) is 23.9 Å². The molecule has 3 aromatic rings. The van der Waals surface area contributed by atoms with Crippen LogP contribution in [0.1, 0.15) is 12.5 Å². The molecule has 0 saturated carbocycles. The summed E-state index contributed by atoms with van der Waals surface area (Å²) < 4.78 is 12.5. The summed E-state index contributed by atoms with van der Waals surface area (Å²) in [6.07, 6.45) is 2.98. The number of methoxy groups -OCH3 is 1. The minimum atomic E-state index is -0.410. The molecule has 7 nitrogen and oxygen atoms in total. The Kier molecular flexibility index (Phi) is 6.15. The Bertz CT molecular complexity index is 1090. The van der Waals surface area contributed by atoms with E-state index in [9.17, 15) is 9.59 Å². The van der Waals surface area contributed by atoms with Gasteiger partial charge in [0.1, 0.15) is 11.3 Å². The lowest BCUT2D eigenvalue weighted by Crippen LogP contribution is -2.07. The molecule has 0 radical (unpaired) electrons. The molecule has 0 atom stereocenters. The molecule has 0 unspecified atom stereocenters. The van der Waals surface area contributed by atoms with Crippen molar-refractivity contribution in [2.24, 2.45) is 0 Å². The molecule has 0 saturated heterocycles. The zero-order valence-corrected chi connectivity index (χ0v) is 18.0. The van der Waals surface area contributed by atoms with Gasteiger partial charge >= 0.3 is 6.01 Å². The van der Waals surface area contributed by atoms with Crippen LogP contribution in [0.2, 0.25) is 0 Å². The molecule has 2 aromatic carbocycles. The van der Waals surface area contributed by atoms with Crippen molar-refractivity contribution in [1.29, 1.82) is 0 Å². The summed E-state index contributed by atoms with van der Waals surface area (Å²) in [5.41, 5.74) is 2.31. The number of anilines is 2. The topological polar surface area (TPSA) is 93.5 Å². The summed E-state index contributed by atoms with van der Waals surface area (Å²) in [7, 11) is 1.55. The van der Waals surface area contributed by atoms with Crippen molar-refractivity contribution in [2.75, 3.05) is 17.7 Å². The summed E-state index contributed by atoms with van der Waals surface area (Å²) >= 11 is 6.82. The summed E-state index contributed by atoms with van der Waals surface area (Å²) in [5, 5.41) is 5.23. The molecule has 1 heterocycles. The van der Waals surface area contributed by atoms with Crippen molar-refractivity contribution in [3.05, 3.63) is 50.9 Å². The van der Waals surface area contributed by atoms with Gasteiger partial charge in [0.15, 0.2) is 5.58 Å². The van der Waals surface area contributed by atoms with Crippen LogP contribution in [0.5, 0.6) is 5.75 Å². The SMILES string of the molecule is COc1c(Br)cc(Br)cc1/C=C/C(=O)Nc1nc2ccc(NC(C)=O)cc2o1. The average molecular weight is 509 g/mol. The molecule has 0 spiro atoms. The smallest absolute Gasteiger partial charge is 0.302 e. The lowest BCUT2D eigenvalue weighted by molar-refractivity contribution is -0.114. The van der Waals surface area contributed by atoms with Crippen molar-refractivity contribution in [3.8, 4) is 5.75 Å². The Labute approximate surface area is 177 Å². The molecular formula is C19H15Br2N3O4. The first-order valence-electron chi connectivity index (χ1n) is 8.06. The third kappa shape index (κ3) is 4.79. The van der Waals surface area contributed by atoms with Crippen molar-refractivity contribution in [1.82, 2.24) is 4.98 Å². The normalized spacial score (nSPS) is 11.0. The van der Waals surface area contributed by atoms with Crippen LogP contribution in [0.25, 0.3) is 17.2 Å². The Morgan fingerprint density at radius 2 is 1.96 bits per heavy atom. The number of hydrogen-bond donors (Lipinski definition) is 2. The van der Waals surface area contributed by atoms with Crippen LogP contribution in [0.3, 0.4) is 0 Å². The van der Waals surface area contributed by atoms with Gasteiger partial charge in [0.2, 0.25) is 5.91 Å². The highest BCUT2D eigenvalue weighted by molar-refractivity contribution is 9.11. The number of carbonyl (C=O) groups excluding carboxylic acids is 2. The van der Waals surface area contributed by atoms with Gasteiger partial charge in [-0.2, -0.15) is 4.98 Å². The van der Waals surface area contributed by atoms with E-state index in [1.165, 1.54) is 13.0 Å². The van der Waals surface area contributed by atoms with Gasteiger partial charge < -0.3 is 14.5 Å². The minimum Gasteiger partial charge on any atom is -0.495 e. The number of nitrogens with one attached hydrogen (secondary N) is 2. The number of benzene rings is 2. The number of oxazole rings is 1. The zero-order valence-electron chi connectivity index (χ0n) is 14.9. The molecule has 28 heavy (non-hydrogen) atoms. The highest BCUT2D eigenvalue weighted by atomic mass is 79.9. The van der Waals surface area contributed by atoms with Crippen molar-refractivity contribution >= 4 is 72.6 Å². The third-order valence-electron chi connectivity index (χ3n) is 3.59. The number of nitrogens with zero attached hydrogens (tertiary/aromatic N) is 1. The van der Waals surface area contributed by atoms with E-state index in [1.54, 1.807) is 31.4 Å². The second-order valence-corrected chi connectivity index (χ2v) is 7.49. The zero-order chi connectivity index (χ0) is 20.3. The van der Waals surface area contributed by atoms with Crippen molar-refractivity contribution in [3.63, 3.8) is 0 Å². The number of rotatable bonds is 5. The van der Waals surface area contributed by atoms with E-state index < -0.39 is 5.91 Å². The van der Waals surface area contributed by atoms with Gasteiger partial charge in [0.05, 0.1) is 11.6 Å². The van der Waals surface area contributed by atoms with Crippen LogP contribution in [0.15, 0.2) is 49.8 Å². The summed E-state index contributed by atoms with van der Waals surface area (Å²) in [6, 6.07) is 8.78. The monoisotopic (exact) mass is 507 g/mol. The maximum absolute atomic E-state index is 12.2. The molecule has 0 fully saturated rings. The number of hydrogen-bond acceptors (Lipinski definition) is 5. The van der Waals surface area contributed by atoms with E-state index in [2.05, 4.69) is 47.5 Å². The molecule has 0 aliphatic carbocycles. The minimum absolute atomic E-state index is 0.0620. The van der Waals surface area contributed by atoms with E-state index >= 15 is 0 Å². The first-order chi connectivity index (χ1) is 13.4. The largest absolute Gasteiger partial charge is 0.495 e. The van der Waals surface area contributed by atoms with Gasteiger partial charge in [-0.25, -0.2) is 0 Å². The molecule has 0 aliphatic heterocycles. The number of carbonyl (C=O) groups is 2. The van der Waals surface area contributed by atoms with Crippen LogP contribution in [0, 0.1) is 0 Å². The Balaban J connectivity index is 1.76. The third-order valence-corrected chi connectivity index (χ3v) is 4.64.